The summed E-state index contributed by atoms with van der Waals surface area (Å²) in [4.78, 5) is 10.9. The second kappa shape index (κ2) is 7.45. The quantitative estimate of drug-likeness (QED) is 0.530. The molecule has 0 aliphatic carbocycles. The van der Waals surface area contributed by atoms with E-state index >= 15 is 0 Å². The lowest BCUT2D eigenvalue weighted by atomic mass is 10.2. The van der Waals surface area contributed by atoms with Gasteiger partial charge in [-0.1, -0.05) is 37.9 Å². The molecule has 0 atom stereocenters. The number of hydrogen-bond donors (Lipinski definition) is 0. The Morgan fingerprint density at radius 2 is 1.70 bits per heavy atom. The smallest absolute Gasteiger partial charge is 0.153 e. The molecule has 0 saturated carbocycles. The summed E-state index contributed by atoms with van der Waals surface area (Å²) in [5.41, 5.74) is 0.516. The minimum absolute atomic E-state index is 0.370. The van der Waals surface area contributed by atoms with Crippen LogP contribution in [0.5, 0.6) is 11.5 Å². The molecule has 0 amide bonds. The van der Waals surface area contributed by atoms with Crippen molar-refractivity contribution in [1.82, 2.24) is 0 Å². The summed E-state index contributed by atoms with van der Waals surface area (Å²) >= 11 is 6.69. The molecule has 0 unspecified atom stereocenters. The van der Waals surface area contributed by atoms with Gasteiger partial charge in [-0.15, -0.1) is 0 Å². The van der Waals surface area contributed by atoms with Gasteiger partial charge in [-0.25, -0.2) is 0 Å². The summed E-state index contributed by atoms with van der Waals surface area (Å²) in [6.45, 7) is 0.778. The Morgan fingerprint density at radius 1 is 0.950 bits per heavy atom. The number of benzene rings is 2. The van der Waals surface area contributed by atoms with Crippen LogP contribution in [0.15, 0.2) is 51.4 Å². The minimum atomic E-state index is 0.370. The normalized spacial score (nSPS) is 10.1. The van der Waals surface area contributed by atoms with Crippen molar-refractivity contribution in [2.24, 2.45) is 0 Å². The maximum absolute atomic E-state index is 10.9. The zero-order chi connectivity index (χ0) is 14.4. The Balaban J connectivity index is 1.86. The van der Waals surface area contributed by atoms with E-state index in [9.17, 15) is 4.79 Å². The summed E-state index contributed by atoms with van der Waals surface area (Å²) in [5, 5.41) is 0. The summed E-state index contributed by atoms with van der Waals surface area (Å²) in [6.07, 6.45) is 0.773. The molecule has 0 bridgehead atoms. The third-order valence-electron chi connectivity index (χ3n) is 2.50. The van der Waals surface area contributed by atoms with Crippen LogP contribution in [0.25, 0.3) is 0 Å². The first kappa shape index (κ1) is 15.1. The first-order chi connectivity index (χ1) is 9.69. The van der Waals surface area contributed by atoms with Gasteiger partial charge in [0.25, 0.3) is 0 Å². The molecular formula is C15H12Br2O3. The molecule has 0 fully saturated rings. The van der Waals surface area contributed by atoms with Gasteiger partial charge < -0.3 is 9.47 Å². The highest BCUT2D eigenvalue weighted by molar-refractivity contribution is 9.10. The monoisotopic (exact) mass is 398 g/mol. The molecule has 0 radical (unpaired) electrons. The van der Waals surface area contributed by atoms with Crippen LogP contribution < -0.4 is 9.47 Å². The summed E-state index contributed by atoms with van der Waals surface area (Å²) in [6, 6.07) is 12.9. The fourth-order valence-corrected chi connectivity index (χ4v) is 2.37. The van der Waals surface area contributed by atoms with Gasteiger partial charge in [-0.05, 0) is 36.4 Å². The van der Waals surface area contributed by atoms with Crippen molar-refractivity contribution in [3.05, 3.63) is 57.0 Å². The second-order valence-electron chi connectivity index (χ2n) is 3.95. The lowest BCUT2D eigenvalue weighted by molar-refractivity contribution is 0.111. The molecular weight excluding hydrogens is 388 g/mol. The van der Waals surface area contributed by atoms with Crippen LogP contribution in [0.4, 0.5) is 0 Å². The Bertz CT molecular complexity index is 599. The summed E-state index contributed by atoms with van der Waals surface area (Å²) in [7, 11) is 0. The highest BCUT2D eigenvalue weighted by atomic mass is 79.9. The molecule has 20 heavy (non-hydrogen) atoms. The topological polar surface area (TPSA) is 35.5 Å². The molecule has 0 aliphatic heterocycles. The third kappa shape index (κ3) is 4.35. The molecule has 0 spiro atoms. The van der Waals surface area contributed by atoms with Crippen molar-refractivity contribution >= 4 is 38.1 Å². The van der Waals surface area contributed by atoms with E-state index in [0.717, 1.165) is 21.0 Å². The molecule has 3 nitrogen and oxygen atoms in total. The molecule has 2 aromatic carbocycles. The predicted octanol–water partition coefficient (Wildman–Crippen LogP) is 4.48. The van der Waals surface area contributed by atoms with Crippen molar-refractivity contribution in [3.8, 4) is 11.5 Å². The van der Waals surface area contributed by atoms with Crippen LogP contribution in [-0.2, 0) is 0 Å². The molecule has 104 valence electrons. The van der Waals surface area contributed by atoms with Crippen molar-refractivity contribution in [2.45, 2.75) is 0 Å². The van der Waals surface area contributed by atoms with Crippen molar-refractivity contribution < 1.29 is 14.3 Å². The first-order valence-electron chi connectivity index (χ1n) is 5.95. The van der Waals surface area contributed by atoms with E-state index in [1.807, 2.05) is 30.3 Å². The maximum atomic E-state index is 10.9. The van der Waals surface area contributed by atoms with Crippen LogP contribution >= 0.6 is 31.9 Å². The maximum Gasteiger partial charge on any atom is 0.153 e. The van der Waals surface area contributed by atoms with Crippen LogP contribution in [0.3, 0.4) is 0 Å². The molecule has 0 heterocycles. The molecule has 0 N–H and O–H groups in total. The predicted molar refractivity (Wildman–Crippen MR) is 84.7 cm³/mol. The molecule has 0 aliphatic rings. The molecule has 2 aromatic rings. The summed E-state index contributed by atoms with van der Waals surface area (Å²) in [5.74, 6) is 1.33. The van der Waals surface area contributed by atoms with E-state index in [2.05, 4.69) is 31.9 Å². The van der Waals surface area contributed by atoms with Crippen molar-refractivity contribution in [1.29, 1.82) is 0 Å². The van der Waals surface area contributed by atoms with Gasteiger partial charge in [-0.3, -0.25) is 4.79 Å². The van der Waals surface area contributed by atoms with Gasteiger partial charge in [0.05, 0.1) is 5.56 Å². The van der Waals surface area contributed by atoms with Crippen molar-refractivity contribution in [2.75, 3.05) is 13.2 Å². The van der Waals surface area contributed by atoms with Crippen LogP contribution in [-0.4, -0.2) is 19.5 Å². The largest absolute Gasteiger partial charge is 0.490 e. The fraction of sp³-hybridized carbons (Fsp3) is 0.133. The SMILES string of the molecule is O=Cc1cc(Br)ccc1OCCOc1cccc(Br)c1. The average Bonchev–Trinajstić information content (AvgIpc) is 2.45. The average molecular weight is 400 g/mol. The number of aldehydes is 1. The van der Waals surface area contributed by atoms with Gasteiger partial charge in [0.2, 0.25) is 0 Å². The Kier molecular flexibility index (Phi) is 5.61. The number of carbonyl (C=O) groups is 1. The number of rotatable bonds is 6. The standard InChI is InChI=1S/C15H12Br2O3/c16-12-2-1-3-14(9-12)19-6-7-20-15-5-4-13(17)8-11(15)10-18/h1-5,8-10H,6-7H2. The Labute approximate surface area is 134 Å². The molecule has 2 rings (SSSR count). The Morgan fingerprint density at radius 3 is 2.45 bits per heavy atom. The molecule has 5 heteroatoms. The zero-order valence-electron chi connectivity index (χ0n) is 10.5. The summed E-state index contributed by atoms with van der Waals surface area (Å²) < 4.78 is 12.9. The number of ether oxygens (including phenoxy) is 2. The van der Waals surface area contributed by atoms with Crippen LogP contribution in [0, 0.1) is 0 Å². The first-order valence-corrected chi connectivity index (χ1v) is 7.53. The van der Waals surface area contributed by atoms with Gasteiger partial charge in [0, 0.05) is 8.95 Å². The van der Waals surface area contributed by atoms with Gasteiger partial charge in [-0.2, -0.15) is 0 Å². The third-order valence-corrected chi connectivity index (χ3v) is 3.49. The van der Waals surface area contributed by atoms with E-state index < -0.39 is 0 Å². The molecule has 0 aromatic heterocycles. The van der Waals surface area contributed by atoms with Crippen LogP contribution in [0.2, 0.25) is 0 Å². The van der Waals surface area contributed by atoms with E-state index in [4.69, 9.17) is 9.47 Å². The number of carbonyl (C=O) groups excluding carboxylic acids is 1. The second-order valence-corrected chi connectivity index (χ2v) is 5.79. The van der Waals surface area contributed by atoms with E-state index in [1.54, 1.807) is 12.1 Å². The lowest BCUT2D eigenvalue weighted by Gasteiger charge is -2.10. The lowest BCUT2D eigenvalue weighted by Crippen LogP contribution is -2.09. The van der Waals surface area contributed by atoms with Crippen LogP contribution in [0.1, 0.15) is 10.4 Å². The molecule has 0 saturated heterocycles. The fourth-order valence-electron chi connectivity index (χ4n) is 1.61. The van der Waals surface area contributed by atoms with Gasteiger partial charge in [0.15, 0.2) is 6.29 Å². The minimum Gasteiger partial charge on any atom is -0.490 e. The van der Waals surface area contributed by atoms with Crippen molar-refractivity contribution in [3.63, 3.8) is 0 Å². The zero-order valence-corrected chi connectivity index (χ0v) is 13.7. The van der Waals surface area contributed by atoms with Gasteiger partial charge >= 0.3 is 0 Å². The highest BCUT2D eigenvalue weighted by Gasteiger charge is 2.03. The van der Waals surface area contributed by atoms with E-state index in [0.29, 0.717) is 24.5 Å². The highest BCUT2D eigenvalue weighted by Crippen LogP contribution is 2.22. The van der Waals surface area contributed by atoms with E-state index in [-0.39, 0.29) is 0 Å². The Hall–Kier alpha value is -1.33. The van der Waals surface area contributed by atoms with Gasteiger partial charge in [0.1, 0.15) is 24.7 Å². The number of halogens is 2. The number of hydrogen-bond acceptors (Lipinski definition) is 3. The van der Waals surface area contributed by atoms with E-state index in [1.165, 1.54) is 0 Å².